The van der Waals surface area contributed by atoms with Gasteiger partial charge in [-0.2, -0.15) is 0 Å². The van der Waals surface area contributed by atoms with Gasteiger partial charge in [-0.05, 0) is 56.0 Å². The molecule has 0 aromatic heterocycles. The molecule has 0 aliphatic rings. The summed E-state index contributed by atoms with van der Waals surface area (Å²) < 4.78 is 26.2. The van der Waals surface area contributed by atoms with E-state index in [9.17, 15) is 18.0 Å². The first-order valence-electron chi connectivity index (χ1n) is 11.9. The number of nitrogens with one attached hydrogen (secondary N) is 1. The summed E-state index contributed by atoms with van der Waals surface area (Å²) in [4.78, 5) is 27.6. The first kappa shape index (κ1) is 28.7. The number of anilines is 1. The first-order valence-corrected chi connectivity index (χ1v) is 14.1. The van der Waals surface area contributed by atoms with E-state index in [-0.39, 0.29) is 31.3 Å². The summed E-state index contributed by atoms with van der Waals surface area (Å²) in [5, 5.41) is 3.49. The van der Waals surface area contributed by atoms with Gasteiger partial charge in [0.2, 0.25) is 21.8 Å². The lowest BCUT2D eigenvalue weighted by Gasteiger charge is -2.29. The second-order valence-electron chi connectivity index (χ2n) is 8.69. The minimum Gasteiger partial charge on any atom is -0.354 e. The number of rotatable bonds is 13. The highest BCUT2D eigenvalue weighted by Crippen LogP contribution is 2.23. The van der Waals surface area contributed by atoms with Crippen LogP contribution < -0.4 is 9.62 Å². The summed E-state index contributed by atoms with van der Waals surface area (Å²) in [5.41, 5.74) is 2.30. The number of amides is 2. The molecule has 2 aromatic rings. The summed E-state index contributed by atoms with van der Waals surface area (Å²) >= 11 is 5.99. The van der Waals surface area contributed by atoms with Gasteiger partial charge in [0.1, 0.15) is 6.04 Å². The van der Waals surface area contributed by atoms with Crippen molar-refractivity contribution in [3.05, 3.63) is 64.7 Å². The summed E-state index contributed by atoms with van der Waals surface area (Å²) in [6.45, 7) is 6.59. The molecule has 0 radical (unpaired) electrons. The first-order chi connectivity index (χ1) is 16.5. The van der Waals surface area contributed by atoms with Crippen molar-refractivity contribution in [1.82, 2.24) is 10.2 Å². The normalized spacial score (nSPS) is 12.1. The molecule has 35 heavy (non-hydrogen) atoms. The van der Waals surface area contributed by atoms with E-state index in [0.29, 0.717) is 23.7 Å². The van der Waals surface area contributed by atoms with E-state index < -0.39 is 16.1 Å². The number of hydrogen-bond acceptors (Lipinski definition) is 4. The van der Waals surface area contributed by atoms with Crippen molar-refractivity contribution in [3.63, 3.8) is 0 Å². The smallest absolute Gasteiger partial charge is 0.242 e. The third-order valence-corrected chi connectivity index (χ3v) is 7.23. The minimum atomic E-state index is -3.52. The number of unbranched alkanes of at least 4 members (excludes halogenated alkanes) is 1. The van der Waals surface area contributed by atoms with Crippen LogP contribution in [0.1, 0.15) is 50.7 Å². The summed E-state index contributed by atoms with van der Waals surface area (Å²) in [7, 11) is -3.52. The maximum Gasteiger partial charge on any atom is 0.242 e. The molecular formula is C26H36ClN3O4S. The van der Waals surface area contributed by atoms with Crippen LogP contribution in [0.2, 0.25) is 5.02 Å². The molecule has 0 saturated carbocycles. The fourth-order valence-corrected chi connectivity index (χ4v) is 4.88. The van der Waals surface area contributed by atoms with Crippen LogP contribution in [0.5, 0.6) is 0 Å². The van der Waals surface area contributed by atoms with Gasteiger partial charge in [-0.15, -0.1) is 0 Å². The molecule has 0 fully saturated rings. The van der Waals surface area contributed by atoms with Gasteiger partial charge in [-0.25, -0.2) is 8.42 Å². The number of hydrogen-bond donors (Lipinski definition) is 1. The molecule has 1 atom stereocenters. The van der Waals surface area contributed by atoms with Gasteiger partial charge in [-0.1, -0.05) is 55.3 Å². The van der Waals surface area contributed by atoms with Crippen molar-refractivity contribution in [2.45, 2.75) is 59.0 Å². The molecule has 0 heterocycles. The Morgan fingerprint density at radius 3 is 2.31 bits per heavy atom. The van der Waals surface area contributed by atoms with Crippen LogP contribution in [-0.2, 0) is 26.2 Å². The lowest BCUT2D eigenvalue weighted by molar-refractivity contribution is -0.140. The zero-order valence-corrected chi connectivity index (χ0v) is 22.5. The zero-order chi connectivity index (χ0) is 26.0. The Bertz CT molecular complexity index is 1090. The van der Waals surface area contributed by atoms with Crippen LogP contribution in [0.4, 0.5) is 5.69 Å². The van der Waals surface area contributed by atoms with Gasteiger partial charge in [0.25, 0.3) is 0 Å². The average Bonchev–Trinajstić information content (AvgIpc) is 2.81. The molecule has 192 valence electrons. The number of para-hydroxylation sites is 1. The van der Waals surface area contributed by atoms with Gasteiger partial charge in [0.15, 0.2) is 0 Å². The highest BCUT2D eigenvalue weighted by molar-refractivity contribution is 7.92. The standard InChI is InChI=1S/C26H36ClN3O4S/c1-5-6-17-28-26(32)21(3)29(19-22-13-15-23(27)16-14-22)25(31)12-9-18-30(35(4,33)34)24-11-8-7-10-20(24)2/h7-8,10-11,13-16,21H,5-6,9,12,17-19H2,1-4H3,(H,28,32)/t21-/m1/s1. The molecule has 0 saturated heterocycles. The van der Waals surface area contributed by atoms with Gasteiger partial charge in [0, 0.05) is 31.1 Å². The number of carbonyl (C=O) groups excluding carboxylic acids is 2. The third-order valence-electron chi connectivity index (χ3n) is 5.80. The highest BCUT2D eigenvalue weighted by Gasteiger charge is 2.26. The minimum absolute atomic E-state index is 0.109. The zero-order valence-electron chi connectivity index (χ0n) is 21.0. The summed E-state index contributed by atoms with van der Waals surface area (Å²) in [6.07, 6.45) is 3.42. The van der Waals surface area contributed by atoms with Crippen LogP contribution in [0.15, 0.2) is 48.5 Å². The lowest BCUT2D eigenvalue weighted by Crippen LogP contribution is -2.48. The largest absolute Gasteiger partial charge is 0.354 e. The van der Waals surface area contributed by atoms with Gasteiger partial charge in [-0.3, -0.25) is 13.9 Å². The van der Waals surface area contributed by atoms with Crippen molar-refractivity contribution >= 4 is 39.1 Å². The Balaban J connectivity index is 2.14. The number of nitrogens with zero attached hydrogens (tertiary/aromatic N) is 2. The molecular weight excluding hydrogens is 486 g/mol. The van der Waals surface area contributed by atoms with Gasteiger partial charge >= 0.3 is 0 Å². The molecule has 1 N–H and O–H groups in total. The van der Waals surface area contributed by atoms with Gasteiger partial charge in [0.05, 0.1) is 11.9 Å². The summed E-state index contributed by atoms with van der Waals surface area (Å²) in [6, 6.07) is 13.7. The molecule has 2 rings (SSSR count). The molecule has 0 bridgehead atoms. The summed E-state index contributed by atoms with van der Waals surface area (Å²) in [5.74, 6) is -0.422. The van der Waals surface area contributed by atoms with Gasteiger partial charge < -0.3 is 10.2 Å². The van der Waals surface area contributed by atoms with Crippen LogP contribution in [0.3, 0.4) is 0 Å². The van der Waals surface area contributed by atoms with E-state index in [0.717, 1.165) is 30.2 Å². The van der Waals surface area contributed by atoms with E-state index in [4.69, 9.17) is 11.6 Å². The predicted octanol–water partition coefficient (Wildman–Crippen LogP) is 4.53. The molecule has 0 aliphatic carbocycles. The van der Waals surface area contributed by atoms with Crippen LogP contribution >= 0.6 is 11.6 Å². The van der Waals surface area contributed by atoms with E-state index in [1.807, 2.05) is 38.1 Å². The molecule has 7 nitrogen and oxygen atoms in total. The maximum atomic E-state index is 13.3. The number of carbonyl (C=O) groups is 2. The van der Waals surface area contributed by atoms with Crippen LogP contribution in [0.25, 0.3) is 0 Å². The van der Waals surface area contributed by atoms with E-state index >= 15 is 0 Å². The van der Waals surface area contributed by atoms with E-state index in [2.05, 4.69) is 5.32 Å². The maximum absolute atomic E-state index is 13.3. The lowest BCUT2D eigenvalue weighted by atomic mass is 10.1. The van der Waals surface area contributed by atoms with Crippen LogP contribution in [0, 0.1) is 6.92 Å². The Kier molecular flexibility index (Phi) is 11.0. The Hall–Kier alpha value is -2.58. The second kappa shape index (κ2) is 13.5. The Morgan fingerprint density at radius 1 is 1.06 bits per heavy atom. The monoisotopic (exact) mass is 521 g/mol. The molecule has 0 aliphatic heterocycles. The average molecular weight is 522 g/mol. The predicted molar refractivity (Wildman–Crippen MR) is 142 cm³/mol. The van der Waals surface area contributed by atoms with Crippen molar-refractivity contribution in [1.29, 1.82) is 0 Å². The van der Waals surface area contributed by atoms with Crippen molar-refractivity contribution in [3.8, 4) is 0 Å². The third kappa shape index (κ3) is 8.85. The molecule has 0 unspecified atom stereocenters. The number of aryl methyl sites for hydroxylation is 1. The van der Waals surface area contributed by atoms with Crippen molar-refractivity contribution < 1.29 is 18.0 Å². The fraction of sp³-hybridized carbons (Fsp3) is 0.462. The molecule has 0 spiro atoms. The Morgan fingerprint density at radius 2 is 1.71 bits per heavy atom. The number of benzene rings is 2. The highest BCUT2D eigenvalue weighted by atomic mass is 35.5. The molecule has 2 amide bonds. The number of sulfonamides is 1. The van der Waals surface area contributed by atoms with Crippen molar-refractivity contribution in [2.75, 3.05) is 23.7 Å². The molecule has 9 heteroatoms. The van der Waals surface area contributed by atoms with E-state index in [1.54, 1.807) is 36.1 Å². The fourth-order valence-electron chi connectivity index (χ4n) is 3.73. The Labute approximate surface area is 214 Å². The van der Waals surface area contributed by atoms with E-state index in [1.165, 1.54) is 4.31 Å². The number of halogens is 1. The van der Waals surface area contributed by atoms with Crippen LogP contribution in [-0.4, -0.2) is 50.5 Å². The second-order valence-corrected chi connectivity index (χ2v) is 11.0. The van der Waals surface area contributed by atoms with Crippen molar-refractivity contribution in [2.24, 2.45) is 0 Å². The molecule has 2 aromatic carbocycles. The topological polar surface area (TPSA) is 86.8 Å². The SMILES string of the molecule is CCCCNC(=O)[C@@H](C)N(Cc1ccc(Cl)cc1)C(=O)CCCN(c1ccccc1C)S(C)(=O)=O. The quantitative estimate of drug-likeness (QED) is 0.392.